The Morgan fingerprint density at radius 2 is 1.85 bits per heavy atom. The van der Waals surface area contributed by atoms with Crippen LogP contribution in [0.25, 0.3) is 0 Å². The number of halogens is 5. The van der Waals surface area contributed by atoms with E-state index in [-0.39, 0.29) is 12.1 Å². The predicted octanol–water partition coefficient (Wildman–Crippen LogP) is 5.18. The van der Waals surface area contributed by atoms with E-state index in [0.29, 0.717) is 20.6 Å². The minimum Gasteiger partial charge on any atom is -0.274 e. The molecule has 1 aromatic carbocycles. The Hall–Kier alpha value is -1.41. The lowest BCUT2D eigenvalue weighted by Gasteiger charge is -2.27. The molecule has 2 unspecified atom stereocenters. The van der Waals surface area contributed by atoms with Gasteiger partial charge in [0.25, 0.3) is 5.91 Å². The summed E-state index contributed by atoms with van der Waals surface area (Å²) in [4.78, 5) is 18.0. The normalized spacial score (nSPS) is 13.5. The van der Waals surface area contributed by atoms with Crippen LogP contribution in [0.15, 0.2) is 12.1 Å². The highest BCUT2D eigenvalue weighted by Gasteiger charge is 2.32. The standard InChI is InChI=1S/C17H18Cl3F2N3O2/c1-8(5-11-12(19)6-10(18)7-13(11)20)25(27-4)17(26)14-15(9(2)21)23-24(3)16(14)22/h6-9H,5H2,1-4H3. The molecule has 0 spiro atoms. The molecular weight excluding hydrogens is 423 g/mol. The second-order valence-corrected chi connectivity index (χ2v) is 7.26. The van der Waals surface area contributed by atoms with Gasteiger partial charge in [-0.2, -0.15) is 9.49 Å². The van der Waals surface area contributed by atoms with Crippen LogP contribution >= 0.6 is 34.8 Å². The van der Waals surface area contributed by atoms with Crippen LogP contribution in [0.2, 0.25) is 15.1 Å². The minimum absolute atomic E-state index is 0.205. The van der Waals surface area contributed by atoms with Crippen molar-refractivity contribution in [3.8, 4) is 0 Å². The zero-order chi connectivity index (χ0) is 20.5. The van der Waals surface area contributed by atoms with E-state index < -0.39 is 29.6 Å². The zero-order valence-electron chi connectivity index (χ0n) is 15.1. The summed E-state index contributed by atoms with van der Waals surface area (Å²) in [7, 11) is 2.54. The Morgan fingerprint density at radius 3 is 2.33 bits per heavy atom. The molecule has 10 heteroatoms. The molecule has 0 aliphatic rings. The number of hydroxylamine groups is 2. The van der Waals surface area contributed by atoms with Crippen LogP contribution in [0.3, 0.4) is 0 Å². The van der Waals surface area contributed by atoms with Gasteiger partial charge in [0.2, 0.25) is 5.95 Å². The third-order valence-electron chi connectivity index (χ3n) is 4.00. The van der Waals surface area contributed by atoms with Crippen molar-refractivity contribution in [3.63, 3.8) is 0 Å². The molecule has 148 valence electrons. The molecule has 0 aliphatic carbocycles. The summed E-state index contributed by atoms with van der Waals surface area (Å²) in [5, 5.41) is 5.70. The van der Waals surface area contributed by atoms with E-state index >= 15 is 0 Å². The Labute approximate surface area is 170 Å². The summed E-state index contributed by atoms with van der Waals surface area (Å²) in [5.74, 6) is -1.80. The number of nitrogens with zero attached hydrogens (tertiary/aromatic N) is 3. The number of alkyl halides is 1. The molecule has 1 aromatic heterocycles. The van der Waals surface area contributed by atoms with Crippen LogP contribution in [0, 0.1) is 5.95 Å². The first-order valence-corrected chi connectivity index (χ1v) is 9.09. The van der Waals surface area contributed by atoms with Crippen molar-refractivity contribution in [3.05, 3.63) is 50.0 Å². The van der Waals surface area contributed by atoms with Crippen molar-refractivity contribution in [2.24, 2.45) is 7.05 Å². The predicted molar refractivity (Wildman–Crippen MR) is 101 cm³/mol. The number of amides is 1. The van der Waals surface area contributed by atoms with Gasteiger partial charge in [0.15, 0.2) is 0 Å². The highest BCUT2D eigenvalue weighted by molar-refractivity contribution is 6.39. The lowest BCUT2D eigenvalue weighted by molar-refractivity contribution is -0.119. The van der Waals surface area contributed by atoms with Crippen molar-refractivity contribution in [1.29, 1.82) is 0 Å². The van der Waals surface area contributed by atoms with Crippen LogP contribution in [-0.2, 0) is 18.3 Å². The van der Waals surface area contributed by atoms with Gasteiger partial charge < -0.3 is 0 Å². The number of rotatable bonds is 6. The van der Waals surface area contributed by atoms with Gasteiger partial charge in [-0.15, -0.1) is 0 Å². The van der Waals surface area contributed by atoms with Crippen molar-refractivity contribution >= 4 is 40.7 Å². The number of carbonyl (C=O) groups is 1. The average Bonchev–Trinajstić information content (AvgIpc) is 2.87. The van der Waals surface area contributed by atoms with E-state index in [2.05, 4.69) is 5.10 Å². The molecule has 5 nitrogen and oxygen atoms in total. The monoisotopic (exact) mass is 439 g/mol. The molecule has 2 atom stereocenters. The second-order valence-electron chi connectivity index (χ2n) is 6.01. The number of carbonyl (C=O) groups excluding carboxylic acids is 1. The number of aryl methyl sites for hydroxylation is 1. The fourth-order valence-corrected chi connectivity index (χ4v) is 3.69. The summed E-state index contributed by atoms with van der Waals surface area (Å²) in [6, 6.07) is 2.46. The molecule has 0 bridgehead atoms. The maximum absolute atomic E-state index is 14.4. The highest BCUT2D eigenvalue weighted by atomic mass is 35.5. The number of aromatic nitrogens is 2. The van der Waals surface area contributed by atoms with Crippen LogP contribution < -0.4 is 0 Å². The van der Waals surface area contributed by atoms with Gasteiger partial charge in [0.05, 0.1) is 13.2 Å². The summed E-state index contributed by atoms with van der Waals surface area (Å²) in [6.45, 7) is 2.84. The maximum Gasteiger partial charge on any atom is 0.284 e. The maximum atomic E-state index is 14.4. The number of benzene rings is 1. The summed E-state index contributed by atoms with van der Waals surface area (Å²) in [6.07, 6.45) is -1.43. The highest BCUT2D eigenvalue weighted by Crippen LogP contribution is 2.31. The fourth-order valence-electron chi connectivity index (χ4n) is 2.72. The van der Waals surface area contributed by atoms with E-state index in [9.17, 15) is 13.6 Å². The molecule has 0 saturated heterocycles. The topological polar surface area (TPSA) is 47.4 Å². The SMILES string of the molecule is CON(C(=O)c1c(C(C)F)nn(C)c1F)C(C)Cc1c(Cl)cc(Cl)cc1Cl. The molecule has 2 aromatic rings. The molecule has 0 aliphatic heterocycles. The van der Waals surface area contributed by atoms with E-state index in [1.54, 1.807) is 6.92 Å². The lowest BCUT2D eigenvalue weighted by Crippen LogP contribution is -2.39. The first-order valence-electron chi connectivity index (χ1n) is 7.96. The van der Waals surface area contributed by atoms with Crippen LogP contribution in [-0.4, -0.2) is 33.9 Å². The molecule has 0 radical (unpaired) electrons. The average molecular weight is 441 g/mol. The van der Waals surface area contributed by atoms with E-state index in [4.69, 9.17) is 39.6 Å². The molecule has 0 saturated carbocycles. The summed E-state index contributed by atoms with van der Waals surface area (Å²) >= 11 is 18.3. The van der Waals surface area contributed by atoms with Crippen LogP contribution in [0.4, 0.5) is 8.78 Å². The Bertz CT molecular complexity index is 835. The van der Waals surface area contributed by atoms with Gasteiger partial charge in [0.1, 0.15) is 17.4 Å². The number of hydrogen-bond acceptors (Lipinski definition) is 3. The van der Waals surface area contributed by atoms with Gasteiger partial charge in [-0.3, -0.25) is 9.63 Å². The summed E-state index contributed by atoms with van der Waals surface area (Å²) in [5.41, 5.74) is -0.220. The van der Waals surface area contributed by atoms with Crippen molar-refractivity contribution < 1.29 is 18.4 Å². The van der Waals surface area contributed by atoms with Crippen molar-refractivity contribution in [1.82, 2.24) is 14.8 Å². The van der Waals surface area contributed by atoms with Crippen LogP contribution in [0.5, 0.6) is 0 Å². The third kappa shape index (κ3) is 4.54. The Kier molecular flexibility index (Phi) is 7.08. The molecule has 2 rings (SSSR count). The van der Waals surface area contributed by atoms with Gasteiger partial charge in [-0.25, -0.2) is 14.1 Å². The minimum atomic E-state index is -1.63. The van der Waals surface area contributed by atoms with E-state index in [1.807, 2.05) is 0 Å². The summed E-state index contributed by atoms with van der Waals surface area (Å²) < 4.78 is 29.0. The molecule has 1 heterocycles. The number of hydrogen-bond donors (Lipinski definition) is 0. The largest absolute Gasteiger partial charge is 0.284 e. The fraction of sp³-hybridized carbons (Fsp3) is 0.412. The van der Waals surface area contributed by atoms with E-state index in [1.165, 1.54) is 33.2 Å². The second kappa shape index (κ2) is 8.73. The van der Waals surface area contributed by atoms with Gasteiger partial charge in [-0.1, -0.05) is 34.8 Å². The molecular formula is C17H18Cl3F2N3O2. The van der Waals surface area contributed by atoms with Crippen molar-refractivity contribution in [2.45, 2.75) is 32.5 Å². The quantitative estimate of drug-likeness (QED) is 0.581. The Balaban J connectivity index is 2.36. The molecule has 1 amide bonds. The Morgan fingerprint density at radius 1 is 1.30 bits per heavy atom. The first kappa shape index (κ1) is 21.9. The van der Waals surface area contributed by atoms with Crippen LogP contribution in [0.1, 0.15) is 41.6 Å². The van der Waals surface area contributed by atoms with Crippen molar-refractivity contribution in [2.75, 3.05) is 7.11 Å². The smallest absolute Gasteiger partial charge is 0.274 e. The molecule has 0 fully saturated rings. The van der Waals surface area contributed by atoms with E-state index in [0.717, 1.165) is 9.75 Å². The molecule has 27 heavy (non-hydrogen) atoms. The zero-order valence-corrected chi connectivity index (χ0v) is 17.3. The van der Waals surface area contributed by atoms with Gasteiger partial charge in [-0.05, 0) is 38.0 Å². The first-order chi connectivity index (χ1) is 12.6. The lowest BCUT2D eigenvalue weighted by atomic mass is 10.1. The van der Waals surface area contributed by atoms with Gasteiger partial charge >= 0.3 is 0 Å². The third-order valence-corrected chi connectivity index (χ3v) is 4.89. The van der Waals surface area contributed by atoms with Gasteiger partial charge in [0, 0.05) is 22.1 Å². The molecule has 0 N–H and O–H groups in total.